The summed E-state index contributed by atoms with van der Waals surface area (Å²) in [6, 6.07) is 8.18. The van der Waals surface area contributed by atoms with E-state index >= 15 is 0 Å². The number of aromatic nitrogens is 3. The number of fused-ring (bicyclic) bond motifs is 2. The van der Waals surface area contributed by atoms with Crippen LogP contribution in [0.15, 0.2) is 35.4 Å². The van der Waals surface area contributed by atoms with Gasteiger partial charge in [0, 0.05) is 31.1 Å². The number of hydrogen-bond donors (Lipinski definition) is 0. The number of carbonyl (C=O) groups is 1. The van der Waals surface area contributed by atoms with E-state index in [4.69, 9.17) is 4.98 Å². The van der Waals surface area contributed by atoms with E-state index in [1.807, 2.05) is 36.9 Å². The van der Waals surface area contributed by atoms with Gasteiger partial charge in [-0.1, -0.05) is 12.1 Å². The topological polar surface area (TPSA) is 71.3 Å². The van der Waals surface area contributed by atoms with E-state index in [-0.39, 0.29) is 18.0 Å². The van der Waals surface area contributed by atoms with Crippen molar-refractivity contribution in [2.24, 2.45) is 0 Å². The van der Waals surface area contributed by atoms with Crippen LogP contribution < -0.4 is 5.56 Å². The van der Waals surface area contributed by atoms with Crippen LogP contribution in [-0.2, 0) is 17.9 Å². The molecule has 1 aliphatic rings. The molecule has 1 aliphatic heterocycles. The molecule has 0 bridgehead atoms. The van der Waals surface area contributed by atoms with Crippen molar-refractivity contribution < 1.29 is 4.79 Å². The third-order valence-electron chi connectivity index (χ3n) is 5.88. The number of para-hydroxylation sites is 1. The number of hydrogen-bond acceptors (Lipinski definition) is 7. The molecule has 160 valence electrons. The number of nitrogens with zero attached hydrogens (tertiary/aromatic N) is 5. The first-order chi connectivity index (χ1) is 15.0. The van der Waals surface area contributed by atoms with Gasteiger partial charge in [0.1, 0.15) is 16.4 Å². The van der Waals surface area contributed by atoms with E-state index in [9.17, 15) is 9.59 Å². The summed E-state index contributed by atoms with van der Waals surface area (Å²) in [4.78, 5) is 40.8. The van der Waals surface area contributed by atoms with Gasteiger partial charge in [-0.25, -0.2) is 9.97 Å². The minimum absolute atomic E-state index is 0.0347. The molecule has 0 atom stereocenters. The number of piperazine rings is 1. The smallest absolute Gasteiger partial charge is 0.262 e. The van der Waals surface area contributed by atoms with Crippen molar-refractivity contribution in [3.63, 3.8) is 0 Å². The van der Waals surface area contributed by atoms with Gasteiger partial charge < -0.3 is 4.90 Å². The monoisotopic (exact) mass is 453 g/mol. The molecule has 0 aliphatic carbocycles. The molecule has 0 spiro atoms. The Labute approximate surface area is 187 Å². The van der Waals surface area contributed by atoms with Crippen molar-refractivity contribution in [2.75, 3.05) is 26.2 Å². The molecule has 1 fully saturated rings. The molecule has 0 radical (unpaired) electrons. The summed E-state index contributed by atoms with van der Waals surface area (Å²) in [6.07, 6.45) is 1.50. The lowest BCUT2D eigenvalue weighted by Crippen LogP contribution is -2.49. The molecule has 7 nitrogen and oxygen atoms in total. The van der Waals surface area contributed by atoms with Gasteiger partial charge in [-0.15, -0.1) is 22.7 Å². The second-order valence-corrected chi connectivity index (χ2v) is 10.2. The van der Waals surface area contributed by atoms with Crippen LogP contribution in [0.3, 0.4) is 0 Å². The van der Waals surface area contributed by atoms with E-state index in [1.165, 1.54) is 26.9 Å². The molecular formula is C22H23N5O2S2. The fraction of sp³-hybridized carbons (Fsp3) is 0.364. The Kier molecular flexibility index (Phi) is 5.33. The molecule has 0 N–H and O–H groups in total. The van der Waals surface area contributed by atoms with Crippen molar-refractivity contribution in [3.05, 3.63) is 56.4 Å². The summed E-state index contributed by atoms with van der Waals surface area (Å²) in [6.45, 7) is 7.69. The fourth-order valence-corrected chi connectivity index (χ4v) is 5.96. The number of amides is 1. The summed E-state index contributed by atoms with van der Waals surface area (Å²) in [7, 11) is 0. The predicted molar refractivity (Wildman–Crippen MR) is 125 cm³/mol. The molecular weight excluding hydrogens is 430 g/mol. The summed E-state index contributed by atoms with van der Waals surface area (Å²) in [5, 5.41) is 1.74. The van der Waals surface area contributed by atoms with Crippen LogP contribution in [0.1, 0.15) is 15.4 Å². The molecule has 0 unspecified atom stereocenters. The van der Waals surface area contributed by atoms with Crippen molar-refractivity contribution in [3.8, 4) is 0 Å². The Morgan fingerprint density at radius 1 is 1.10 bits per heavy atom. The van der Waals surface area contributed by atoms with Gasteiger partial charge in [0.15, 0.2) is 0 Å². The van der Waals surface area contributed by atoms with Gasteiger partial charge in [-0.05, 0) is 31.5 Å². The molecule has 3 aromatic heterocycles. The molecule has 1 aromatic carbocycles. The van der Waals surface area contributed by atoms with E-state index < -0.39 is 0 Å². The third-order valence-corrected chi connectivity index (χ3v) is 8.02. The van der Waals surface area contributed by atoms with E-state index in [0.29, 0.717) is 18.5 Å². The second-order valence-electron chi connectivity index (χ2n) is 7.87. The van der Waals surface area contributed by atoms with Crippen LogP contribution >= 0.6 is 22.7 Å². The second kappa shape index (κ2) is 8.14. The zero-order valence-electron chi connectivity index (χ0n) is 17.5. The lowest BCUT2D eigenvalue weighted by molar-refractivity contribution is -0.133. The van der Waals surface area contributed by atoms with Crippen molar-refractivity contribution in [2.45, 2.75) is 26.9 Å². The van der Waals surface area contributed by atoms with Gasteiger partial charge in [-0.3, -0.25) is 19.1 Å². The predicted octanol–water partition coefficient (Wildman–Crippen LogP) is 3.03. The van der Waals surface area contributed by atoms with Gasteiger partial charge in [-0.2, -0.15) is 0 Å². The number of benzene rings is 1. The van der Waals surface area contributed by atoms with Crippen LogP contribution in [0, 0.1) is 13.8 Å². The van der Waals surface area contributed by atoms with Crippen molar-refractivity contribution >= 4 is 49.0 Å². The SMILES string of the molecule is Cc1sc2ncn(CC(=O)N3CCN(Cc4nc5ccccc5s4)CC3)c(=O)c2c1C. The molecule has 4 heterocycles. The highest BCUT2D eigenvalue weighted by atomic mass is 32.1. The number of thiophene rings is 1. The van der Waals surface area contributed by atoms with Crippen LogP contribution in [0.25, 0.3) is 20.4 Å². The Hall–Kier alpha value is -2.62. The van der Waals surface area contributed by atoms with E-state index in [2.05, 4.69) is 16.0 Å². The molecule has 5 rings (SSSR count). The maximum atomic E-state index is 12.9. The maximum absolute atomic E-state index is 12.9. The standard InChI is InChI=1S/C22H23N5O2S2/c1-14-15(2)30-21-20(14)22(29)27(13-23-21)12-19(28)26-9-7-25(8-10-26)11-18-24-16-5-3-4-6-17(16)31-18/h3-6,13H,7-12H2,1-2H3. The Bertz CT molecular complexity index is 1300. The van der Waals surface area contributed by atoms with Crippen molar-refractivity contribution in [1.29, 1.82) is 0 Å². The highest BCUT2D eigenvalue weighted by molar-refractivity contribution is 7.19. The first-order valence-electron chi connectivity index (χ1n) is 10.3. The summed E-state index contributed by atoms with van der Waals surface area (Å²) < 4.78 is 2.65. The number of aryl methyl sites for hydroxylation is 2. The largest absolute Gasteiger partial charge is 0.339 e. The number of thiazole rings is 1. The van der Waals surface area contributed by atoms with Crippen LogP contribution in [0.4, 0.5) is 0 Å². The first-order valence-corrected chi connectivity index (χ1v) is 11.9. The Balaban J connectivity index is 1.22. The first kappa shape index (κ1) is 20.3. The highest BCUT2D eigenvalue weighted by Crippen LogP contribution is 2.25. The lowest BCUT2D eigenvalue weighted by atomic mass is 10.2. The Morgan fingerprint density at radius 3 is 2.65 bits per heavy atom. The van der Waals surface area contributed by atoms with E-state index in [0.717, 1.165) is 45.4 Å². The number of carbonyl (C=O) groups excluding carboxylic acids is 1. The summed E-state index contributed by atoms with van der Waals surface area (Å²) in [5.74, 6) is -0.0347. The molecule has 9 heteroatoms. The Morgan fingerprint density at radius 2 is 1.87 bits per heavy atom. The van der Waals surface area contributed by atoms with Gasteiger partial charge in [0.25, 0.3) is 5.56 Å². The van der Waals surface area contributed by atoms with Gasteiger partial charge in [0.05, 0.1) is 28.5 Å². The van der Waals surface area contributed by atoms with Crippen molar-refractivity contribution in [1.82, 2.24) is 24.3 Å². The zero-order chi connectivity index (χ0) is 21.5. The quantitative estimate of drug-likeness (QED) is 0.475. The number of rotatable bonds is 4. The molecule has 0 saturated carbocycles. The minimum atomic E-state index is -0.130. The lowest BCUT2D eigenvalue weighted by Gasteiger charge is -2.34. The van der Waals surface area contributed by atoms with Gasteiger partial charge in [0.2, 0.25) is 5.91 Å². The third kappa shape index (κ3) is 3.88. The average molecular weight is 454 g/mol. The zero-order valence-corrected chi connectivity index (χ0v) is 19.1. The van der Waals surface area contributed by atoms with E-state index in [1.54, 1.807) is 11.3 Å². The maximum Gasteiger partial charge on any atom is 0.262 e. The fourth-order valence-electron chi connectivity index (χ4n) is 3.96. The molecule has 4 aromatic rings. The summed E-state index contributed by atoms with van der Waals surface area (Å²) in [5.41, 5.74) is 1.88. The van der Waals surface area contributed by atoms with Crippen LogP contribution in [0.2, 0.25) is 0 Å². The minimum Gasteiger partial charge on any atom is -0.339 e. The average Bonchev–Trinajstić information content (AvgIpc) is 3.30. The van der Waals surface area contributed by atoms with Crippen LogP contribution in [-0.4, -0.2) is 56.4 Å². The van der Waals surface area contributed by atoms with Gasteiger partial charge >= 0.3 is 0 Å². The van der Waals surface area contributed by atoms with Crippen LogP contribution in [0.5, 0.6) is 0 Å². The molecule has 1 amide bonds. The molecule has 1 saturated heterocycles. The summed E-state index contributed by atoms with van der Waals surface area (Å²) >= 11 is 3.25. The normalized spacial score (nSPS) is 15.2. The highest BCUT2D eigenvalue weighted by Gasteiger charge is 2.23. The molecule has 31 heavy (non-hydrogen) atoms.